The molecule has 0 amide bonds. The topological polar surface area (TPSA) is 62.8 Å². The zero-order valence-corrected chi connectivity index (χ0v) is 11.4. The predicted octanol–water partition coefficient (Wildman–Crippen LogP) is 1.99. The fourth-order valence-electron chi connectivity index (χ4n) is 1.89. The van der Waals surface area contributed by atoms with Gasteiger partial charge in [-0.3, -0.25) is 10.1 Å². The smallest absolute Gasteiger partial charge is 0.0710 e. The lowest BCUT2D eigenvalue weighted by molar-refractivity contribution is 0.184. The predicted molar refractivity (Wildman–Crippen MR) is 74.6 cm³/mol. The van der Waals surface area contributed by atoms with Crippen LogP contribution in [0.2, 0.25) is 0 Å². The largest absolute Gasteiger partial charge is 0.385 e. The van der Waals surface area contributed by atoms with Crippen molar-refractivity contribution < 1.29 is 4.74 Å². The first kappa shape index (κ1) is 13.7. The number of hydrogen-bond acceptors (Lipinski definition) is 4. The van der Waals surface area contributed by atoms with Gasteiger partial charge in [0.05, 0.1) is 11.9 Å². The Morgan fingerprint density at radius 1 is 1.42 bits per heavy atom. The third-order valence-corrected chi connectivity index (χ3v) is 3.06. The average molecular weight is 260 g/mol. The summed E-state index contributed by atoms with van der Waals surface area (Å²) >= 11 is 0. The molecule has 0 aliphatic carbocycles. The van der Waals surface area contributed by atoms with Gasteiger partial charge in [-0.05, 0) is 25.5 Å². The highest BCUT2D eigenvalue weighted by atomic mass is 16.5. The molecule has 0 aromatic carbocycles. The molecule has 0 aliphatic heterocycles. The molecule has 1 atom stereocenters. The first-order valence-corrected chi connectivity index (χ1v) is 6.46. The van der Waals surface area contributed by atoms with Crippen molar-refractivity contribution in [2.45, 2.75) is 25.9 Å². The van der Waals surface area contributed by atoms with Crippen LogP contribution in [0.1, 0.15) is 18.9 Å². The minimum absolute atomic E-state index is 0.414. The molecule has 0 fully saturated rings. The summed E-state index contributed by atoms with van der Waals surface area (Å²) in [5.41, 5.74) is 3.23. The normalized spacial score (nSPS) is 12.5. The van der Waals surface area contributed by atoms with Gasteiger partial charge in [0.15, 0.2) is 0 Å². The Hall–Kier alpha value is -1.72. The van der Waals surface area contributed by atoms with Crippen molar-refractivity contribution in [3.8, 4) is 11.3 Å². The van der Waals surface area contributed by atoms with Gasteiger partial charge in [-0.1, -0.05) is 0 Å². The Bertz CT molecular complexity index is 483. The lowest BCUT2D eigenvalue weighted by Crippen LogP contribution is -2.26. The summed E-state index contributed by atoms with van der Waals surface area (Å²) in [5.74, 6) is 0. The number of aromatic amines is 1. The monoisotopic (exact) mass is 260 g/mol. The van der Waals surface area contributed by atoms with Crippen LogP contribution in [-0.4, -0.2) is 34.9 Å². The molecular weight excluding hydrogens is 240 g/mol. The Kier molecular flexibility index (Phi) is 5.06. The molecule has 1 unspecified atom stereocenters. The van der Waals surface area contributed by atoms with Crippen molar-refractivity contribution in [1.82, 2.24) is 20.5 Å². The highest BCUT2D eigenvalue weighted by Gasteiger charge is 2.09. The van der Waals surface area contributed by atoms with Crippen LogP contribution in [0.25, 0.3) is 11.3 Å². The van der Waals surface area contributed by atoms with E-state index in [0.29, 0.717) is 6.04 Å². The molecule has 19 heavy (non-hydrogen) atoms. The lowest BCUT2D eigenvalue weighted by Gasteiger charge is -2.13. The summed E-state index contributed by atoms with van der Waals surface area (Å²) in [5, 5.41) is 10.6. The van der Waals surface area contributed by atoms with Crippen molar-refractivity contribution >= 4 is 0 Å². The van der Waals surface area contributed by atoms with E-state index >= 15 is 0 Å². The van der Waals surface area contributed by atoms with E-state index in [1.54, 1.807) is 13.3 Å². The standard InChI is InChI=1S/C14H20N4O/c1-11(5-7-19-2)16-9-13-10-17-18-14(13)12-4-3-6-15-8-12/h3-4,6,8,10-11,16H,5,7,9H2,1-2H3,(H,17,18). The molecular formula is C14H20N4O. The van der Waals surface area contributed by atoms with Gasteiger partial charge >= 0.3 is 0 Å². The molecule has 2 aromatic heterocycles. The van der Waals surface area contributed by atoms with Crippen LogP contribution in [0.5, 0.6) is 0 Å². The van der Waals surface area contributed by atoms with E-state index in [9.17, 15) is 0 Å². The number of methoxy groups -OCH3 is 1. The molecule has 2 aromatic rings. The van der Waals surface area contributed by atoms with Crippen LogP contribution >= 0.6 is 0 Å². The second-order valence-electron chi connectivity index (χ2n) is 4.58. The fraction of sp³-hybridized carbons (Fsp3) is 0.429. The number of aromatic nitrogens is 3. The van der Waals surface area contributed by atoms with E-state index in [2.05, 4.69) is 27.4 Å². The Morgan fingerprint density at radius 3 is 3.05 bits per heavy atom. The molecule has 0 saturated heterocycles. The summed E-state index contributed by atoms with van der Waals surface area (Å²) in [7, 11) is 1.73. The molecule has 0 aliphatic rings. The van der Waals surface area contributed by atoms with Crippen LogP contribution in [0.3, 0.4) is 0 Å². The third kappa shape index (κ3) is 3.87. The van der Waals surface area contributed by atoms with E-state index in [1.807, 2.05) is 24.5 Å². The number of nitrogens with one attached hydrogen (secondary N) is 2. The zero-order chi connectivity index (χ0) is 13.5. The molecule has 102 valence electrons. The first-order chi connectivity index (χ1) is 9.31. The number of ether oxygens (including phenoxy) is 1. The van der Waals surface area contributed by atoms with Gasteiger partial charge in [-0.2, -0.15) is 5.10 Å². The number of rotatable bonds is 7. The van der Waals surface area contributed by atoms with Gasteiger partial charge in [0.1, 0.15) is 0 Å². The third-order valence-electron chi connectivity index (χ3n) is 3.06. The zero-order valence-electron chi connectivity index (χ0n) is 11.4. The summed E-state index contributed by atoms with van der Waals surface area (Å²) in [6.45, 7) is 3.71. The molecule has 5 nitrogen and oxygen atoms in total. The Morgan fingerprint density at radius 2 is 2.32 bits per heavy atom. The number of nitrogens with zero attached hydrogens (tertiary/aromatic N) is 2. The molecule has 5 heteroatoms. The maximum Gasteiger partial charge on any atom is 0.0710 e. The van der Waals surface area contributed by atoms with Crippen molar-refractivity contribution in [1.29, 1.82) is 0 Å². The van der Waals surface area contributed by atoms with Gasteiger partial charge in [-0.25, -0.2) is 0 Å². The van der Waals surface area contributed by atoms with Gasteiger partial charge < -0.3 is 10.1 Å². The molecule has 0 radical (unpaired) electrons. The van der Waals surface area contributed by atoms with Crippen molar-refractivity contribution in [3.05, 3.63) is 36.3 Å². The van der Waals surface area contributed by atoms with E-state index in [1.165, 1.54) is 0 Å². The highest BCUT2D eigenvalue weighted by molar-refractivity contribution is 5.61. The summed E-state index contributed by atoms with van der Waals surface area (Å²) in [4.78, 5) is 4.13. The summed E-state index contributed by atoms with van der Waals surface area (Å²) in [6.07, 6.45) is 6.46. The van der Waals surface area contributed by atoms with Gasteiger partial charge in [-0.15, -0.1) is 0 Å². The van der Waals surface area contributed by atoms with Crippen molar-refractivity contribution in [2.75, 3.05) is 13.7 Å². The minimum atomic E-state index is 0.414. The second kappa shape index (κ2) is 7.01. The quantitative estimate of drug-likeness (QED) is 0.799. The van der Waals surface area contributed by atoms with Crippen LogP contribution in [0, 0.1) is 0 Å². The molecule has 0 spiro atoms. The molecule has 2 rings (SSSR count). The van der Waals surface area contributed by atoms with Crippen LogP contribution in [-0.2, 0) is 11.3 Å². The maximum absolute atomic E-state index is 5.08. The molecule has 0 saturated carbocycles. The Labute approximate surface area is 113 Å². The van der Waals surface area contributed by atoms with Gasteiger partial charge in [0.25, 0.3) is 0 Å². The van der Waals surface area contributed by atoms with Gasteiger partial charge in [0, 0.05) is 49.8 Å². The maximum atomic E-state index is 5.08. The minimum Gasteiger partial charge on any atom is -0.385 e. The molecule has 2 heterocycles. The van der Waals surface area contributed by atoms with Crippen LogP contribution < -0.4 is 5.32 Å². The van der Waals surface area contributed by atoms with Crippen molar-refractivity contribution in [3.63, 3.8) is 0 Å². The Balaban J connectivity index is 1.97. The fourth-order valence-corrected chi connectivity index (χ4v) is 1.89. The summed E-state index contributed by atoms with van der Waals surface area (Å²) < 4.78 is 5.08. The number of H-pyrrole nitrogens is 1. The molecule has 2 N–H and O–H groups in total. The lowest BCUT2D eigenvalue weighted by atomic mass is 10.1. The average Bonchev–Trinajstić information content (AvgIpc) is 2.92. The van der Waals surface area contributed by atoms with Crippen LogP contribution in [0.4, 0.5) is 0 Å². The van der Waals surface area contributed by atoms with Gasteiger partial charge in [0.2, 0.25) is 0 Å². The van der Waals surface area contributed by atoms with E-state index < -0.39 is 0 Å². The number of hydrogen-bond donors (Lipinski definition) is 2. The van der Waals surface area contributed by atoms with Crippen molar-refractivity contribution in [2.24, 2.45) is 0 Å². The second-order valence-corrected chi connectivity index (χ2v) is 4.58. The highest BCUT2D eigenvalue weighted by Crippen LogP contribution is 2.19. The van der Waals surface area contributed by atoms with E-state index in [4.69, 9.17) is 4.74 Å². The number of pyridine rings is 1. The first-order valence-electron chi connectivity index (χ1n) is 6.46. The van der Waals surface area contributed by atoms with E-state index in [-0.39, 0.29) is 0 Å². The van der Waals surface area contributed by atoms with Crippen LogP contribution in [0.15, 0.2) is 30.7 Å². The summed E-state index contributed by atoms with van der Waals surface area (Å²) in [6, 6.07) is 4.36. The SMILES string of the molecule is COCCC(C)NCc1cn[nH]c1-c1cccnc1. The molecule has 0 bridgehead atoms. The van der Waals surface area contributed by atoms with E-state index in [0.717, 1.165) is 36.4 Å².